The molecule has 0 aliphatic heterocycles. The first-order valence-electron chi connectivity index (χ1n) is 5.78. The molecule has 0 bridgehead atoms. The second-order valence-corrected chi connectivity index (χ2v) is 7.39. The van der Waals surface area contributed by atoms with E-state index >= 15 is 0 Å². The monoisotopic (exact) mass is 391 g/mol. The molecule has 2 heterocycles. The molecule has 18 heavy (non-hydrogen) atoms. The number of thiophene rings is 1. The molecule has 0 aliphatic carbocycles. The van der Waals surface area contributed by atoms with Gasteiger partial charge < -0.3 is 9.73 Å². The number of hydrogen-bond acceptors (Lipinski definition) is 3. The minimum Gasteiger partial charge on any atom is -0.466 e. The fourth-order valence-corrected chi connectivity index (χ4v) is 4.20. The van der Waals surface area contributed by atoms with Crippen LogP contribution in [-0.2, 0) is 0 Å². The first-order chi connectivity index (χ1) is 8.52. The first-order valence-corrected chi connectivity index (χ1v) is 8.18. The van der Waals surface area contributed by atoms with Crippen LogP contribution in [0.2, 0.25) is 0 Å². The first kappa shape index (κ1) is 14.3. The lowest BCUT2D eigenvalue weighted by molar-refractivity contribution is 0.495. The number of rotatable bonds is 4. The largest absolute Gasteiger partial charge is 0.466 e. The molecule has 0 fully saturated rings. The zero-order valence-corrected chi connectivity index (χ0v) is 14.5. The van der Waals surface area contributed by atoms with Crippen molar-refractivity contribution in [2.24, 2.45) is 0 Å². The molecule has 0 aliphatic rings. The SMILES string of the molecule is CCNC(c1cc(Br)c(Br)s1)c1cc(C)oc1C. The van der Waals surface area contributed by atoms with Crippen LogP contribution >= 0.6 is 43.2 Å². The summed E-state index contributed by atoms with van der Waals surface area (Å²) in [5, 5.41) is 3.52. The summed E-state index contributed by atoms with van der Waals surface area (Å²) in [5.74, 6) is 1.94. The molecule has 2 nitrogen and oxygen atoms in total. The molecule has 0 spiro atoms. The van der Waals surface area contributed by atoms with E-state index in [4.69, 9.17) is 4.42 Å². The predicted molar refractivity (Wildman–Crippen MR) is 83.4 cm³/mol. The van der Waals surface area contributed by atoms with E-state index in [1.54, 1.807) is 11.3 Å². The smallest absolute Gasteiger partial charge is 0.106 e. The van der Waals surface area contributed by atoms with Gasteiger partial charge in [0.2, 0.25) is 0 Å². The van der Waals surface area contributed by atoms with E-state index in [9.17, 15) is 0 Å². The number of hydrogen-bond donors (Lipinski definition) is 1. The Balaban J connectivity index is 2.42. The summed E-state index contributed by atoms with van der Waals surface area (Å²) in [6.45, 7) is 7.04. The Kier molecular flexibility index (Phi) is 4.69. The molecule has 1 atom stereocenters. The van der Waals surface area contributed by atoms with Crippen LogP contribution in [0.1, 0.15) is 34.9 Å². The summed E-state index contributed by atoms with van der Waals surface area (Å²) in [6.07, 6.45) is 0. The van der Waals surface area contributed by atoms with E-state index in [0.717, 1.165) is 26.3 Å². The molecule has 0 saturated carbocycles. The lowest BCUT2D eigenvalue weighted by atomic mass is 10.1. The van der Waals surface area contributed by atoms with Gasteiger partial charge in [-0.1, -0.05) is 6.92 Å². The Morgan fingerprint density at radius 2 is 2.06 bits per heavy atom. The summed E-state index contributed by atoms with van der Waals surface area (Å²) in [4.78, 5) is 1.28. The Morgan fingerprint density at radius 1 is 1.33 bits per heavy atom. The molecule has 98 valence electrons. The zero-order valence-electron chi connectivity index (χ0n) is 10.5. The average molecular weight is 393 g/mol. The van der Waals surface area contributed by atoms with Crippen molar-refractivity contribution < 1.29 is 4.42 Å². The summed E-state index contributed by atoms with van der Waals surface area (Å²) < 4.78 is 7.87. The molecule has 1 unspecified atom stereocenters. The van der Waals surface area contributed by atoms with Gasteiger partial charge in [0.05, 0.1) is 9.83 Å². The molecule has 0 radical (unpaired) electrons. The highest BCUT2D eigenvalue weighted by atomic mass is 79.9. The maximum atomic E-state index is 5.64. The van der Waals surface area contributed by atoms with Crippen LogP contribution in [0.3, 0.4) is 0 Å². The average Bonchev–Trinajstić information content (AvgIpc) is 2.79. The summed E-state index contributed by atoms with van der Waals surface area (Å²) in [7, 11) is 0. The van der Waals surface area contributed by atoms with E-state index in [0.29, 0.717) is 0 Å². The molecular formula is C13H15Br2NOS. The quantitative estimate of drug-likeness (QED) is 0.775. The van der Waals surface area contributed by atoms with E-state index < -0.39 is 0 Å². The fraction of sp³-hybridized carbons (Fsp3) is 0.385. The van der Waals surface area contributed by atoms with Gasteiger partial charge >= 0.3 is 0 Å². The Morgan fingerprint density at radius 3 is 2.50 bits per heavy atom. The zero-order chi connectivity index (χ0) is 13.3. The van der Waals surface area contributed by atoms with Gasteiger partial charge in [-0.3, -0.25) is 0 Å². The normalized spacial score (nSPS) is 12.9. The number of halogens is 2. The van der Waals surface area contributed by atoms with Crippen molar-refractivity contribution in [3.8, 4) is 0 Å². The Hall–Kier alpha value is -0.100. The third-order valence-corrected chi connectivity index (χ3v) is 6.07. The number of furan rings is 1. The summed E-state index contributed by atoms with van der Waals surface area (Å²) in [6, 6.07) is 4.47. The lowest BCUT2D eigenvalue weighted by Gasteiger charge is -2.15. The van der Waals surface area contributed by atoms with Gasteiger partial charge in [-0.15, -0.1) is 11.3 Å². The van der Waals surface area contributed by atoms with Crippen molar-refractivity contribution in [2.45, 2.75) is 26.8 Å². The molecule has 5 heteroatoms. The van der Waals surface area contributed by atoms with Gasteiger partial charge in [0, 0.05) is 14.9 Å². The molecular weight excluding hydrogens is 378 g/mol. The molecule has 2 rings (SSSR count). The third-order valence-electron chi connectivity index (χ3n) is 2.75. The lowest BCUT2D eigenvalue weighted by Crippen LogP contribution is -2.21. The second-order valence-electron chi connectivity index (χ2n) is 4.13. The van der Waals surface area contributed by atoms with Gasteiger partial charge in [-0.05, 0) is 64.4 Å². The van der Waals surface area contributed by atoms with Gasteiger partial charge in [0.25, 0.3) is 0 Å². The van der Waals surface area contributed by atoms with E-state index in [-0.39, 0.29) is 6.04 Å². The van der Waals surface area contributed by atoms with Crippen LogP contribution in [0, 0.1) is 13.8 Å². The number of nitrogens with one attached hydrogen (secondary N) is 1. The minimum atomic E-state index is 0.194. The van der Waals surface area contributed by atoms with Crippen molar-refractivity contribution >= 4 is 43.2 Å². The van der Waals surface area contributed by atoms with Crippen molar-refractivity contribution in [1.82, 2.24) is 5.32 Å². The van der Waals surface area contributed by atoms with Crippen molar-refractivity contribution in [3.05, 3.63) is 42.4 Å². The topological polar surface area (TPSA) is 25.2 Å². The molecule has 1 N–H and O–H groups in total. The molecule has 0 amide bonds. The van der Waals surface area contributed by atoms with E-state index in [2.05, 4.69) is 56.2 Å². The Labute approximate surface area is 128 Å². The van der Waals surface area contributed by atoms with Gasteiger partial charge in [-0.2, -0.15) is 0 Å². The summed E-state index contributed by atoms with van der Waals surface area (Å²) in [5.41, 5.74) is 1.22. The van der Waals surface area contributed by atoms with Crippen molar-refractivity contribution in [3.63, 3.8) is 0 Å². The van der Waals surface area contributed by atoms with Crippen molar-refractivity contribution in [1.29, 1.82) is 0 Å². The fourth-order valence-electron chi connectivity index (χ4n) is 2.01. The van der Waals surface area contributed by atoms with Crippen molar-refractivity contribution in [2.75, 3.05) is 6.54 Å². The molecule has 0 saturated heterocycles. The van der Waals surface area contributed by atoms with Gasteiger partial charge in [0.1, 0.15) is 11.5 Å². The maximum absolute atomic E-state index is 5.64. The highest BCUT2D eigenvalue weighted by Crippen LogP contribution is 2.38. The Bertz CT molecular complexity index is 528. The summed E-state index contributed by atoms with van der Waals surface area (Å²) >= 11 is 8.84. The van der Waals surface area contributed by atoms with Crippen LogP contribution in [-0.4, -0.2) is 6.54 Å². The van der Waals surface area contributed by atoms with E-state index in [1.807, 2.05) is 13.8 Å². The third kappa shape index (κ3) is 2.90. The van der Waals surface area contributed by atoms with E-state index in [1.165, 1.54) is 10.4 Å². The van der Waals surface area contributed by atoms with Crippen LogP contribution in [0.5, 0.6) is 0 Å². The van der Waals surface area contributed by atoms with Gasteiger partial charge in [-0.25, -0.2) is 0 Å². The van der Waals surface area contributed by atoms with Crippen LogP contribution in [0.15, 0.2) is 24.8 Å². The maximum Gasteiger partial charge on any atom is 0.106 e. The van der Waals surface area contributed by atoms with Crippen LogP contribution in [0.25, 0.3) is 0 Å². The standard InChI is InChI=1S/C13H15Br2NOS/c1-4-16-12(9-5-7(2)17-8(9)3)11-6-10(14)13(15)18-11/h5-6,12,16H,4H2,1-3H3. The van der Waals surface area contributed by atoms with Crippen LogP contribution < -0.4 is 5.32 Å². The molecule has 2 aromatic heterocycles. The minimum absolute atomic E-state index is 0.194. The number of aryl methyl sites for hydroxylation is 2. The second kappa shape index (κ2) is 5.90. The van der Waals surface area contributed by atoms with Crippen LogP contribution in [0.4, 0.5) is 0 Å². The molecule has 0 aromatic carbocycles. The highest BCUT2D eigenvalue weighted by molar-refractivity contribution is 9.13. The molecule has 2 aromatic rings. The van der Waals surface area contributed by atoms with Gasteiger partial charge in [0.15, 0.2) is 0 Å². The highest BCUT2D eigenvalue weighted by Gasteiger charge is 2.21. The predicted octanol–water partition coefficient (Wildman–Crippen LogP) is 5.18.